The van der Waals surface area contributed by atoms with Crippen molar-refractivity contribution in [2.75, 3.05) is 10.6 Å². The highest BCUT2D eigenvalue weighted by atomic mass is 15.3. The van der Waals surface area contributed by atoms with Crippen molar-refractivity contribution in [2.24, 2.45) is 0 Å². The lowest BCUT2D eigenvalue weighted by molar-refractivity contribution is 0.745. The van der Waals surface area contributed by atoms with Gasteiger partial charge in [0.1, 0.15) is 0 Å². The molecule has 1 unspecified atom stereocenters. The molecule has 0 aliphatic heterocycles. The van der Waals surface area contributed by atoms with Gasteiger partial charge < -0.3 is 10.6 Å². The van der Waals surface area contributed by atoms with Crippen LogP contribution in [0.1, 0.15) is 34.1 Å². The molecule has 0 aliphatic rings. The van der Waals surface area contributed by atoms with Crippen molar-refractivity contribution < 1.29 is 0 Å². The maximum Gasteiger partial charge on any atom is 0.244 e. The highest BCUT2D eigenvalue weighted by Crippen LogP contribution is 2.06. The maximum atomic E-state index is 4.30. The monoisotopic (exact) mass is 209 g/mol. The molecule has 1 aromatic heterocycles. The van der Waals surface area contributed by atoms with Crippen LogP contribution in [0.15, 0.2) is 6.20 Å². The van der Waals surface area contributed by atoms with E-state index in [4.69, 9.17) is 0 Å². The predicted molar refractivity (Wildman–Crippen MR) is 62.0 cm³/mol. The first-order valence-electron chi connectivity index (χ1n) is 5.34. The summed E-state index contributed by atoms with van der Waals surface area (Å²) in [6.45, 7) is 8.32. The third-order valence-corrected chi connectivity index (χ3v) is 1.98. The van der Waals surface area contributed by atoms with E-state index in [0.717, 1.165) is 12.2 Å². The molecule has 0 fully saturated rings. The summed E-state index contributed by atoms with van der Waals surface area (Å²) in [4.78, 5) is 4.30. The van der Waals surface area contributed by atoms with Gasteiger partial charge in [0, 0.05) is 12.1 Å². The van der Waals surface area contributed by atoms with E-state index in [0.29, 0.717) is 18.0 Å². The van der Waals surface area contributed by atoms with Crippen LogP contribution in [0.25, 0.3) is 0 Å². The summed E-state index contributed by atoms with van der Waals surface area (Å²) < 4.78 is 0. The Bertz CT molecular complexity index is 300. The second-order valence-corrected chi connectivity index (χ2v) is 3.92. The molecule has 1 heterocycles. The van der Waals surface area contributed by atoms with Crippen molar-refractivity contribution >= 4 is 11.8 Å². The molecule has 1 aromatic rings. The van der Waals surface area contributed by atoms with Crippen LogP contribution in [0.2, 0.25) is 0 Å². The fourth-order valence-electron chi connectivity index (χ4n) is 1.05. The van der Waals surface area contributed by atoms with Crippen molar-refractivity contribution in [1.82, 2.24) is 15.2 Å². The van der Waals surface area contributed by atoms with Crippen LogP contribution in [0.5, 0.6) is 0 Å². The van der Waals surface area contributed by atoms with E-state index < -0.39 is 0 Å². The van der Waals surface area contributed by atoms with Crippen molar-refractivity contribution in [1.29, 1.82) is 0 Å². The van der Waals surface area contributed by atoms with Gasteiger partial charge in [-0.05, 0) is 27.2 Å². The number of rotatable bonds is 5. The van der Waals surface area contributed by atoms with Gasteiger partial charge in [0.25, 0.3) is 0 Å². The number of nitrogens with zero attached hydrogens (tertiary/aromatic N) is 3. The smallest absolute Gasteiger partial charge is 0.244 e. The summed E-state index contributed by atoms with van der Waals surface area (Å²) in [5, 5.41) is 14.2. The van der Waals surface area contributed by atoms with E-state index in [9.17, 15) is 0 Å². The molecule has 0 aromatic carbocycles. The molecule has 0 radical (unpaired) electrons. The summed E-state index contributed by atoms with van der Waals surface area (Å²) >= 11 is 0. The van der Waals surface area contributed by atoms with Crippen LogP contribution >= 0.6 is 0 Å². The van der Waals surface area contributed by atoms with E-state index in [1.165, 1.54) is 0 Å². The van der Waals surface area contributed by atoms with Crippen molar-refractivity contribution in [3.63, 3.8) is 0 Å². The minimum absolute atomic E-state index is 0.346. The number of anilines is 2. The van der Waals surface area contributed by atoms with E-state index >= 15 is 0 Å². The molecule has 1 atom stereocenters. The van der Waals surface area contributed by atoms with Crippen LogP contribution in [0.3, 0.4) is 0 Å². The largest absolute Gasteiger partial charge is 0.366 e. The average Bonchev–Trinajstić information content (AvgIpc) is 2.17. The van der Waals surface area contributed by atoms with Crippen LogP contribution in [-0.4, -0.2) is 27.3 Å². The summed E-state index contributed by atoms with van der Waals surface area (Å²) in [7, 11) is 0. The van der Waals surface area contributed by atoms with Gasteiger partial charge in [-0.1, -0.05) is 6.92 Å². The summed E-state index contributed by atoms with van der Waals surface area (Å²) in [6.07, 6.45) is 2.66. The predicted octanol–water partition coefficient (Wildman–Crippen LogP) is 1.90. The van der Waals surface area contributed by atoms with Crippen molar-refractivity contribution in [3.05, 3.63) is 6.20 Å². The van der Waals surface area contributed by atoms with Crippen LogP contribution in [-0.2, 0) is 0 Å². The third-order valence-electron chi connectivity index (χ3n) is 1.98. The molecule has 0 aliphatic carbocycles. The Morgan fingerprint density at radius 1 is 1.27 bits per heavy atom. The Kier molecular flexibility index (Phi) is 4.27. The molecule has 0 amide bonds. The van der Waals surface area contributed by atoms with Crippen molar-refractivity contribution in [2.45, 2.75) is 46.2 Å². The van der Waals surface area contributed by atoms with Gasteiger partial charge in [0.05, 0.1) is 6.20 Å². The summed E-state index contributed by atoms with van der Waals surface area (Å²) in [5.41, 5.74) is 0. The molecule has 5 heteroatoms. The fourth-order valence-corrected chi connectivity index (χ4v) is 1.05. The fraction of sp³-hybridized carbons (Fsp3) is 0.700. The van der Waals surface area contributed by atoms with Gasteiger partial charge in [-0.25, -0.2) is 0 Å². The SMILES string of the molecule is CCC(C)Nc1nncc(NC(C)C)n1. The first-order valence-corrected chi connectivity index (χ1v) is 5.34. The van der Waals surface area contributed by atoms with Crippen LogP contribution < -0.4 is 10.6 Å². The standard InChI is InChI=1S/C10H19N5/c1-5-8(4)13-10-14-9(6-11-15-10)12-7(2)3/h6-8H,5H2,1-4H3,(H2,12,13,14,15). The van der Waals surface area contributed by atoms with E-state index in [1.807, 2.05) is 0 Å². The lowest BCUT2D eigenvalue weighted by Gasteiger charge is -2.12. The molecule has 84 valence electrons. The Balaban J connectivity index is 2.65. The lowest BCUT2D eigenvalue weighted by Crippen LogP contribution is -2.18. The Morgan fingerprint density at radius 2 is 2.00 bits per heavy atom. The van der Waals surface area contributed by atoms with Gasteiger partial charge >= 0.3 is 0 Å². The normalized spacial score (nSPS) is 12.6. The van der Waals surface area contributed by atoms with E-state index in [2.05, 4.69) is 53.5 Å². The molecule has 2 N–H and O–H groups in total. The van der Waals surface area contributed by atoms with E-state index in [1.54, 1.807) is 6.20 Å². The Morgan fingerprint density at radius 3 is 2.60 bits per heavy atom. The number of nitrogens with one attached hydrogen (secondary N) is 2. The highest BCUT2D eigenvalue weighted by Gasteiger charge is 2.04. The van der Waals surface area contributed by atoms with E-state index in [-0.39, 0.29) is 0 Å². The summed E-state index contributed by atoms with van der Waals surface area (Å²) in [5.74, 6) is 1.33. The molecule has 0 bridgehead atoms. The zero-order chi connectivity index (χ0) is 11.3. The molecule has 15 heavy (non-hydrogen) atoms. The molecule has 0 spiro atoms. The maximum absolute atomic E-state index is 4.30. The number of hydrogen-bond donors (Lipinski definition) is 2. The average molecular weight is 209 g/mol. The second kappa shape index (κ2) is 5.48. The quantitative estimate of drug-likeness (QED) is 0.775. The van der Waals surface area contributed by atoms with Gasteiger partial charge in [0.15, 0.2) is 5.82 Å². The zero-order valence-corrected chi connectivity index (χ0v) is 9.78. The molecule has 1 rings (SSSR count). The summed E-state index contributed by atoms with van der Waals surface area (Å²) in [6, 6.07) is 0.708. The third kappa shape index (κ3) is 4.10. The molecule has 5 nitrogen and oxygen atoms in total. The minimum Gasteiger partial charge on any atom is -0.366 e. The van der Waals surface area contributed by atoms with Gasteiger partial charge in [-0.3, -0.25) is 0 Å². The zero-order valence-electron chi connectivity index (χ0n) is 9.78. The van der Waals surface area contributed by atoms with Gasteiger partial charge in [0.2, 0.25) is 5.95 Å². The van der Waals surface area contributed by atoms with Gasteiger partial charge in [-0.2, -0.15) is 10.1 Å². The first kappa shape index (κ1) is 11.7. The molecule has 0 saturated carbocycles. The molecule has 0 saturated heterocycles. The van der Waals surface area contributed by atoms with Gasteiger partial charge in [-0.15, -0.1) is 5.10 Å². The Hall–Kier alpha value is -1.39. The van der Waals surface area contributed by atoms with Crippen LogP contribution in [0.4, 0.5) is 11.8 Å². The molecular formula is C10H19N5. The molecular weight excluding hydrogens is 190 g/mol. The number of aromatic nitrogens is 3. The van der Waals surface area contributed by atoms with Crippen molar-refractivity contribution in [3.8, 4) is 0 Å². The second-order valence-electron chi connectivity index (χ2n) is 3.92. The number of hydrogen-bond acceptors (Lipinski definition) is 5. The minimum atomic E-state index is 0.346. The van der Waals surface area contributed by atoms with Crippen LogP contribution in [0, 0.1) is 0 Å². The topological polar surface area (TPSA) is 62.7 Å². The Labute approximate surface area is 90.7 Å². The lowest BCUT2D eigenvalue weighted by atomic mass is 10.3. The highest BCUT2D eigenvalue weighted by molar-refractivity contribution is 5.37. The first-order chi connectivity index (χ1) is 7.11.